The number of rotatable bonds is 18. The van der Waals surface area contributed by atoms with Gasteiger partial charge in [0.25, 0.3) is 11.8 Å². The van der Waals surface area contributed by atoms with Crippen molar-refractivity contribution in [2.45, 2.75) is 40.5 Å². The molecule has 0 bridgehead atoms. The van der Waals surface area contributed by atoms with E-state index in [1.165, 1.54) is 11.3 Å². The zero-order valence-electron chi connectivity index (χ0n) is 26.7. The lowest BCUT2D eigenvalue weighted by Crippen LogP contribution is -2.36. The average Bonchev–Trinajstić information content (AvgIpc) is 3.51. The average molecular weight is 684 g/mol. The first-order valence-electron chi connectivity index (χ1n) is 15.3. The highest BCUT2D eigenvalue weighted by atomic mass is 35.5. The number of fused-ring (bicyclic) bond motifs is 3. The molecule has 4 N–H and O–H groups in total. The summed E-state index contributed by atoms with van der Waals surface area (Å²) in [5.41, 5.74) is 1.04. The van der Waals surface area contributed by atoms with E-state index in [4.69, 9.17) is 0 Å². The molecule has 0 spiro atoms. The van der Waals surface area contributed by atoms with Gasteiger partial charge in [0, 0.05) is 67.8 Å². The summed E-state index contributed by atoms with van der Waals surface area (Å²) < 4.78 is 0.826. The maximum Gasteiger partial charge on any atom is 0.252 e. The molecule has 13 heteroatoms. The van der Waals surface area contributed by atoms with E-state index < -0.39 is 0 Å². The van der Waals surface area contributed by atoms with E-state index in [1.807, 2.05) is 29.6 Å². The van der Waals surface area contributed by atoms with Crippen LogP contribution in [0.3, 0.4) is 0 Å². The summed E-state index contributed by atoms with van der Waals surface area (Å²) in [5.74, 6) is -0.664. The Kier molecular flexibility index (Phi) is 18.7. The molecule has 0 saturated heterocycles. The zero-order chi connectivity index (χ0) is 31.2. The first kappa shape index (κ1) is 40.1. The Morgan fingerprint density at radius 2 is 1.18 bits per heavy atom. The summed E-state index contributed by atoms with van der Waals surface area (Å²) in [4.78, 5) is 54.8. The molecule has 0 fully saturated rings. The fraction of sp³-hybridized carbons (Fsp3) is 0.500. The molecule has 0 unspecified atom stereocenters. The zero-order valence-corrected chi connectivity index (χ0v) is 29.2. The predicted octanol–water partition coefficient (Wildman–Crippen LogP) is 4.05. The van der Waals surface area contributed by atoms with Crippen molar-refractivity contribution >= 4 is 80.6 Å². The second-order valence-electron chi connectivity index (χ2n) is 10.3. The number of hydrogen-bond acceptors (Lipinski definition) is 7. The number of halogens is 2. The molecule has 0 atom stereocenters. The second-order valence-corrected chi connectivity index (χ2v) is 11.2. The van der Waals surface area contributed by atoms with Crippen molar-refractivity contribution < 1.29 is 19.2 Å². The molecule has 10 nitrogen and oxygen atoms in total. The normalized spacial score (nSPS) is 10.8. The number of nitrogens with zero attached hydrogens (tertiary/aromatic N) is 2. The standard InChI is InChI=1S/C32H46N6O4S.2ClH/c1-5-37(6-2)18-16-33-28(39)11-14-35-31(41)24-10-9-23-21-27(30-25(13-20-43-30)26(23)22-24)32(42)36-15-12-29(40)34-17-19-38(7-3)8-4;;/h9-10,13,20-22H,5-8,11-12,14-19H2,1-4H3,(H,33,39)(H,34,40)(H,35,41)(H,36,42);2*1H. The smallest absolute Gasteiger partial charge is 0.252 e. The van der Waals surface area contributed by atoms with Crippen LogP contribution < -0.4 is 21.3 Å². The van der Waals surface area contributed by atoms with Gasteiger partial charge < -0.3 is 31.1 Å². The molecule has 2 aromatic carbocycles. The van der Waals surface area contributed by atoms with Gasteiger partial charge in [0.2, 0.25) is 11.8 Å². The van der Waals surface area contributed by atoms with Crippen LogP contribution >= 0.6 is 36.2 Å². The largest absolute Gasteiger partial charge is 0.355 e. The highest BCUT2D eigenvalue weighted by Crippen LogP contribution is 2.33. The molecule has 0 saturated carbocycles. The molecule has 0 radical (unpaired) electrons. The molecule has 1 heterocycles. The van der Waals surface area contributed by atoms with Gasteiger partial charge in [-0.05, 0) is 66.6 Å². The number of likely N-dealkylation sites (N-methyl/N-ethyl adjacent to an activating group) is 2. The van der Waals surface area contributed by atoms with Crippen molar-refractivity contribution in [2.24, 2.45) is 0 Å². The Morgan fingerprint density at radius 3 is 1.71 bits per heavy atom. The van der Waals surface area contributed by atoms with Crippen LogP contribution in [-0.2, 0) is 9.59 Å². The van der Waals surface area contributed by atoms with Crippen molar-refractivity contribution in [3.63, 3.8) is 0 Å². The van der Waals surface area contributed by atoms with E-state index in [2.05, 4.69) is 58.8 Å². The van der Waals surface area contributed by atoms with Gasteiger partial charge in [-0.25, -0.2) is 0 Å². The summed E-state index contributed by atoms with van der Waals surface area (Å²) in [6.45, 7) is 15.4. The Hall–Kier alpha value is -2.96. The number of hydrogen-bond donors (Lipinski definition) is 4. The van der Waals surface area contributed by atoms with Gasteiger partial charge in [-0.2, -0.15) is 0 Å². The fourth-order valence-corrected chi connectivity index (χ4v) is 5.84. The minimum absolute atomic E-state index is 0. The van der Waals surface area contributed by atoms with Crippen molar-refractivity contribution in [1.82, 2.24) is 31.1 Å². The van der Waals surface area contributed by atoms with Gasteiger partial charge in [-0.15, -0.1) is 36.2 Å². The molecule has 1 aromatic heterocycles. The maximum absolute atomic E-state index is 13.1. The summed E-state index contributed by atoms with van der Waals surface area (Å²) >= 11 is 1.46. The predicted molar refractivity (Wildman–Crippen MR) is 189 cm³/mol. The minimum atomic E-state index is -0.251. The van der Waals surface area contributed by atoms with Crippen molar-refractivity contribution in [3.8, 4) is 0 Å². The van der Waals surface area contributed by atoms with Gasteiger partial charge in [-0.1, -0.05) is 33.8 Å². The summed E-state index contributed by atoms with van der Waals surface area (Å²) in [6, 6.07) is 9.17. The van der Waals surface area contributed by atoms with Crippen LogP contribution in [0.5, 0.6) is 0 Å². The van der Waals surface area contributed by atoms with Gasteiger partial charge in [0.05, 0.1) is 5.56 Å². The summed E-state index contributed by atoms with van der Waals surface area (Å²) in [6.07, 6.45) is 0.421. The van der Waals surface area contributed by atoms with E-state index in [0.29, 0.717) is 24.2 Å². The molecule has 0 aliphatic carbocycles. The monoisotopic (exact) mass is 682 g/mol. The molecular formula is C32H48Cl2N6O4S. The highest BCUT2D eigenvalue weighted by molar-refractivity contribution is 7.17. The Bertz CT molecular complexity index is 1390. The van der Waals surface area contributed by atoms with E-state index in [1.54, 1.807) is 6.07 Å². The Labute approximate surface area is 282 Å². The van der Waals surface area contributed by atoms with Crippen LogP contribution in [0, 0.1) is 0 Å². The maximum atomic E-state index is 13.1. The first-order valence-corrected chi connectivity index (χ1v) is 16.2. The first-order chi connectivity index (χ1) is 20.8. The number of benzene rings is 2. The van der Waals surface area contributed by atoms with E-state index >= 15 is 0 Å². The van der Waals surface area contributed by atoms with Gasteiger partial charge in [0.15, 0.2) is 0 Å². The van der Waals surface area contributed by atoms with Crippen LogP contribution in [0.4, 0.5) is 0 Å². The number of carbonyl (C=O) groups excluding carboxylic acids is 4. The van der Waals surface area contributed by atoms with Crippen LogP contribution in [0.2, 0.25) is 0 Å². The van der Waals surface area contributed by atoms with Crippen LogP contribution in [-0.4, -0.2) is 98.9 Å². The summed E-state index contributed by atoms with van der Waals surface area (Å²) in [7, 11) is 0. The van der Waals surface area contributed by atoms with Gasteiger partial charge in [0.1, 0.15) is 0 Å². The van der Waals surface area contributed by atoms with Crippen LogP contribution in [0.1, 0.15) is 61.3 Å². The lowest BCUT2D eigenvalue weighted by molar-refractivity contribution is -0.121. The third-order valence-corrected chi connectivity index (χ3v) is 8.57. The second kappa shape index (κ2) is 21.0. The minimum Gasteiger partial charge on any atom is -0.355 e. The number of carbonyl (C=O) groups is 4. The third-order valence-electron chi connectivity index (χ3n) is 7.62. The van der Waals surface area contributed by atoms with Crippen molar-refractivity contribution in [2.75, 3.05) is 65.4 Å². The van der Waals surface area contributed by atoms with Crippen molar-refractivity contribution in [1.29, 1.82) is 0 Å². The van der Waals surface area contributed by atoms with Crippen LogP contribution in [0.25, 0.3) is 20.9 Å². The van der Waals surface area contributed by atoms with Gasteiger partial charge in [-0.3, -0.25) is 19.2 Å². The molecule has 0 aliphatic rings. The van der Waals surface area contributed by atoms with Crippen LogP contribution in [0.15, 0.2) is 35.7 Å². The number of amides is 4. The lowest BCUT2D eigenvalue weighted by atomic mass is 10.00. The molecule has 45 heavy (non-hydrogen) atoms. The Morgan fingerprint density at radius 1 is 0.644 bits per heavy atom. The molecule has 250 valence electrons. The SMILES string of the molecule is CCN(CC)CCNC(=O)CCNC(=O)c1ccc2cc(C(=O)NCCC(=O)NCCN(CC)CC)c3sccc3c2c1.Cl.Cl. The van der Waals surface area contributed by atoms with E-state index in [0.717, 1.165) is 60.1 Å². The lowest BCUT2D eigenvalue weighted by Gasteiger charge is -2.18. The quantitative estimate of drug-likeness (QED) is 0.161. The summed E-state index contributed by atoms with van der Waals surface area (Å²) in [5, 5.41) is 16.1. The topological polar surface area (TPSA) is 123 Å². The molecule has 3 aromatic rings. The van der Waals surface area contributed by atoms with E-state index in [9.17, 15) is 19.2 Å². The Balaban J connectivity index is 0.00000506. The van der Waals surface area contributed by atoms with E-state index in [-0.39, 0.29) is 74.4 Å². The number of nitrogens with one attached hydrogen (secondary N) is 4. The van der Waals surface area contributed by atoms with Gasteiger partial charge >= 0.3 is 0 Å². The molecule has 0 aliphatic heterocycles. The third kappa shape index (κ3) is 12.1. The highest BCUT2D eigenvalue weighted by Gasteiger charge is 2.16. The molecule has 4 amide bonds. The fourth-order valence-electron chi connectivity index (χ4n) is 4.92. The molecule has 3 rings (SSSR count). The van der Waals surface area contributed by atoms with Crippen molar-refractivity contribution in [3.05, 3.63) is 46.8 Å². The number of thiophene rings is 1. The molecular weight excluding hydrogens is 635 g/mol.